The average Bonchev–Trinajstić information content (AvgIpc) is 2.85. The summed E-state index contributed by atoms with van der Waals surface area (Å²) < 4.78 is 1.11. The summed E-state index contributed by atoms with van der Waals surface area (Å²) in [6.07, 6.45) is 0. The Morgan fingerprint density at radius 3 is 2.57 bits per heavy atom. The molecule has 7 nitrogen and oxygen atoms in total. The van der Waals surface area contributed by atoms with Crippen molar-refractivity contribution >= 4 is 28.2 Å². The van der Waals surface area contributed by atoms with Gasteiger partial charge in [-0.15, -0.1) is 11.3 Å². The minimum absolute atomic E-state index is 0.00951. The summed E-state index contributed by atoms with van der Waals surface area (Å²) in [4.78, 5) is 35.2. The largest absolute Gasteiger partial charge is 0.477 e. The van der Waals surface area contributed by atoms with Crippen molar-refractivity contribution in [2.75, 3.05) is 5.32 Å². The van der Waals surface area contributed by atoms with Crippen molar-refractivity contribution in [2.24, 2.45) is 7.05 Å². The van der Waals surface area contributed by atoms with Gasteiger partial charge in [0, 0.05) is 7.05 Å². The summed E-state index contributed by atoms with van der Waals surface area (Å²) in [5, 5.41) is 15.8. The molecule has 0 aromatic carbocycles. The fourth-order valence-corrected chi connectivity index (χ4v) is 2.55. The molecule has 0 unspecified atom stereocenters. The first-order valence-electron chi connectivity index (χ1n) is 6.00. The highest BCUT2D eigenvalue weighted by Crippen LogP contribution is 2.22. The van der Waals surface area contributed by atoms with Gasteiger partial charge in [-0.3, -0.25) is 9.59 Å². The number of aromatic carboxylic acids is 1. The van der Waals surface area contributed by atoms with Crippen molar-refractivity contribution in [1.82, 2.24) is 9.78 Å². The van der Waals surface area contributed by atoms with E-state index in [1.165, 1.54) is 19.2 Å². The lowest BCUT2D eigenvalue weighted by Gasteiger charge is -2.09. The van der Waals surface area contributed by atoms with Crippen LogP contribution in [0.3, 0.4) is 0 Å². The van der Waals surface area contributed by atoms with Crippen LogP contribution in [0.1, 0.15) is 31.3 Å². The molecular formula is C13H13N3O4S. The second-order valence-electron chi connectivity index (χ2n) is 4.44. The lowest BCUT2D eigenvalue weighted by Crippen LogP contribution is -2.31. The molecule has 0 saturated carbocycles. The van der Waals surface area contributed by atoms with E-state index in [0.717, 1.165) is 16.0 Å². The molecule has 0 radical (unpaired) electrons. The maximum Gasteiger partial charge on any atom is 0.345 e. The van der Waals surface area contributed by atoms with E-state index in [9.17, 15) is 14.4 Å². The highest BCUT2D eigenvalue weighted by molar-refractivity contribution is 7.18. The fourth-order valence-electron chi connectivity index (χ4n) is 1.81. The zero-order valence-electron chi connectivity index (χ0n) is 11.6. The van der Waals surface area contributed by atoms with E-state index >= 15 is 0 Å². The van der Waals surface area contributed by atoms with Crippen LogP contribution in [0.25, 0.3) is 0 Å². The van der Waals surface area contributed by atoms with Gasteiger partial charge in [0.05, 0.1) is 10.7 Å². The molecule has 21 heavy (non-hydrogen) atoms. The Morgan fingerprint density at radius 2 is 2.00 bits per heavy atom. The Morgan fingerprint density at radius 1 is 1.33 bits per heavy atom. The molecule has 2 heterocycles. The molecule has 2 aromatic heterocycles. The van der Waals surface area contributed by atoms with Crippen LogP contribution in [0.4, 0.5) is 5.00 Å². The highest BCUT2D eigenvalue weighted by Gasteiger charge is 2.19. The van der Waals surface area contributed by atoms with Crippen LogP contribution < -0.4 is 10.9 Å². The number of nitrogens with one attached hydrogen (secondary N) is 1. The quantitative estimate of drug-likeness (QED) is 0.892. The molecule has 0 aliphatic heterocycles. The minimum atomic E-state index is -1.06. The molecule has 0 aliphatic rings. The van der Waals surface area contributed by atoms with Gasteiger partial charge in [-0.25, -0.2) is 9.48 Å². The number of aromatic nitrogens is 2. The van der Waals surface area contributed by atoms with Gasteiger partial charge < -0.3 is 10.4 Å². The van der Waals surface area contributed by atoms with Crippen LogP contribution >= 0.6 is 11.3 Å². The van der Waals surface area contributed by atoms with Gasteiger partial charge in [-0.1, -0.05) is 0 Å². The van der Waals surface area contributed by atoms with E-state index in [1.807, 2.05) is 0 Å². The second-order valence-corrected chi connectivity index (χ2v) is 5.52. The van der Waals surface area contributed by atoms with Gasteiger partial charge >= 0.3 is 5.97 Å². The first-order chi connectivity index (χ1) is 9.81. The predicted octanol–water partition coefficient (Wildman–Crippen LogP) is 1.41. The molecule has 2 aromatic rings. The molecule has 2 rings (SSSR count). The molecule has 110 valence electrons. The van der Waals surface area contributed by atoms with E-state index < -0.39 is 17.4 Å². The Balaban J connectivity index is 2.37. The van der Waals surface area contributed by atoms with Gasteiger partial charge in [0.15, 0.2) is 0 Å². The van der Waals surface area contributed by atoms with Gasteiger partial charge in [-0.05, 0) is 31.5 Å². The molecule has 0 saturated heterocycles. The third-order valence-corrected chi connectivity index (χ3v) is 3.99. The lowest BCUT2D eigenvalue weighted by atomic mass is 10.1. The van der Waals surface area contributed by atoms with Gasteiger partial charge in [0.25, 0.3) is 11.5 Å². The van der Waals surface area contributed by atoms with Crippen molar-refractivity contribution in [3.63, 3.8) is 0 Å². The zero-order valence-corrected chi connectivity index (χ0v) is 12.4. The van der Waals surface area contributed by atoms with Crippen LogP contribution in [0.5, 0.6) is 0 Å². The smallest absolute Gasteiger partial charge is 0.345 e. The van der Waals surface area contributed by atoms with E-state index in [0.29, 0.717) is 16.3 Å². The molecular weight excluding hydrogens is 294 g/mol. The standard InChI is InChI=1S/C13H13N3O4S/c1-6-7(2)15-16(3)12(18)10(6)11(17)14-9-5-4-8(21-9)13(19)20/h4-5H,1-3H3,(H,14,17)(H,19,20). The molecule has 8 heteroatoms. The number of carboxylic acid groups (broad SMARTS) is 1. The number of thiophene rings is 1. The maximum atomic E-state index is 12.2. The summed E-state index contributed by atoms with van der Waals surface area (Å²) >= 11 is 0.928. The van der Waals surface area contributed by atoms with Gasteiger partial charge in [0.1, 0.15) is 10.4 Å². The van der Waals surface area contributed by atoms with E-state index in [1.54, 1.807) is 13.8 Å². The lowest BCUT2D eigenvalue weighted by molar-refractivity contribution is 0.0702. The third-order valence-electron chi connectivity index (χ3n) is 3.01. The van der Waals surface area contributed by atoms with Crippen LogP contribution in [0, 0.1) is 13.8 Å². The number of aryl methyl sites for hydroxylation is 2. The average molecular weight is 307 g/mol. The molecule has 2 N–H and O–H groups in total. The monoisotopic (exact) mass is 307 g/mol. The van der Waals surface area contributed by atoms with Crippen molar-refractivity contribution in [3.8, 4) is 0 Å². The third kappa shape index (κ3) is 2.84. The second kappa shape index (κ2) is 5.49. The first-order valence-corrected chi connectivity index (χ1v) is 6.82. The number of anilines is 1. The van der Waals surface area contributed by atoms with E-state index in [4.69, 9.17) is 5.11 Å². The van der Waals surface area contributed by atoms with Crippen molar-refractivity contribution in [2.45, 2.75) is 13.8 Å². The Labute approximate surface area is 123 Å². The molecule has 1 amide bonds. The number of hydrogen-bond acceptors (Lipinski definition) is 5. The number of rotatable bonds is 3. The summed E-state index contributed by atoms with van der Waals surface area (Å²) in [7, 11) is 1.47. The summed E-state index contributed by atoms with van der Waals surface area (Å²) in [5.41, 5.74) is 0.603. The number of nitrogens with zero attached hydrogens (tertiary/aromatic N) is 2. The van der Waals surface area contributed by atoms with Crippen LogP contribution in [0.15, 0.2) is 16.9 Å². The predicted molar refractivity (Wildman–Crippen MR) is 78.2 cm³/mol. The molecule has 0 fully saturated rings. The van der Waals surface area contributed by atoms with Crippen molar-refractivity contribution in [3.05, 3.63) is 44.2 Å². The summed E-state index contributed by atoms with van der Waals surface area (Å²) in [6, 6.07) is 2.88. The number of carbonyl (C=O) groups is 2. The SMILES string of the molecule is Cc1nn(C)c(=O)c(C(=O)Nc2ccc(C(=O)O)s2)c1C. The van der Waals surface area contributed by atoms with E-state index in [-0.39, 0.29) is 10.4 Å². The molecule has 0 atom stereocenters. The highest BCUT2D eigenvalue weighted by atomic mass is 32.1. The van der Waals surface area contributed by atoms with Crippen LogP contribution in [-0.2, 0) is 7.05 Å². The molecule has 0 aliphatic carbocycles. The number of hydrogen-bond donors (Lipinski definition) is 2. The van der Waals surface area contributed by atoms with E-state index in [2.05, 4.69) is 10.4 Å². The Hall–Kier alpha value is -2.48. The van der Waals surface area contributed by atoms with Gasteiger partial charge in [-0.2, -0.15) is 5.10 Å². The van der Waals surface area contributed by atoms with Crippen LogP contribution in [0.2, 0.25) is 0 Å². The number of carboxylic acids is 1. The number of amides is 1. The number of carbonyl (C=O) groups excluding carboxylic acids is 1. The Bertz CT molecular complexity index is 791. The van der Waals surface area contributed by atoms with Crippen molar-refractivity contribution in [1.29, 1.82) is 0 Å². The van der Waals surface area contributed by atoms with Crippen LogP contribution in [-0.4, -0.2) is 26.8 Å². The zero-order chi connectivity index (χ0) is 15.7. The van der Waals surface area contributed by atoms with Crippen molar-refractivity contribution < 1.29 is 14.7 Å². The topological polar surface area (TPSA) is 101 Å². The Kier molecular flexibility index (Phi) is 3.90. The maximum absolute atomic E-state index is 12.2. The molecule has 0 bridgehead atoms. The normalized spacial score (nSPS) is 10.4. The summed E-state index contributed by atoms with van der Waals surface area (Å²) in [6.45, 7) is 3.36. The minimum Gasteiger partial charge on any atom is -0.477 e. The van der Waals surface area contributed by atoms with Gasteiger partial charge in [0.2, 0.25) is 0 Å². The first kappa shape index (κ1) is 14.9. The fraction of sp³-hybridized carbons (Fsp3) is 0.231. The molecule has 0 spiro atoms. The summed E-state index contributed by atoms with van der Waals surface area (Å²) in [5.74, 6) is -1.63.